The van der Waals surface area contributed by atoms with Crippen LogP contribution in [0.2, 0.25) is 0 Å². The average molecular weight is 283 g/mol. The molecule has 3 rings (SSSR count). The van der Waals surface area contributed by atoms with E-state index in [0.29, 0.717) is 12.4 Å². The molecule has 0 saturated carbocycles. The second kappa shape index (κ2) is 6.30. The van der Waals surface area contributed by atoms with Crippen LogP contribution in [0.25, 0.3) is 5.69 Å². The number of para-hydroxylation sites is 1. The van der Waals surface area contributed by atoms with E-state index in [1.54, 1.807) is 4.68 Å². The highest BCUT2D eigenvalue weighted by Gasteiger charge is 2.19. The Morgan fingerprint density at radius 2 is 2.14 bits per heavy atom. The fourth-order valence-corrected chi connectivity index (χ4v) is 2.43. The number of benzene rings is 1. The first-order valence-corrected chi connectivity index (χ1v) is 7.10. The summed E-state index contributed by atoms with van der Waals surface area (Å²) >= 11 is 0. The molecule has 21 heavy (non-hydrogen) atoms. The van der Waals surface area contributed by atoms with Crippen molar-refractivity contribution >= 4 is 5.91 Å². The second-order valence-electron chi connectivity index (χ2n) is 5.04. The molecule has 0 unspecified atom stereocenters. The van der Waals surface area contributed by atoms with Crippen molar-refractivity contribution < 1.29 is 4.79 Å². The molecule has 2 aromatic rings. The predicted molar refractivity (Wildman–Crippen MR) is 77.5 cm³/mol. The van der Waals surface area contributed by atoms with Crippen molar-refractivity contribution in [2.45, 2.75) is 25.8 Å². The first-order valence-electron chi connectivity index (χ1n) is 7.10. The molecule has 6 heteroatoms. The van der Waals surface area contributed by atoms with Crippen molar-refractivity contribution in [2.24, 2.45) is 5.92 Å². The highest BCUT2D eigenvalue weighted by atomic mass is 16.1. The minimum Gasteiger partial charge on any atom is -0.348 e. The van der Waals surface area contributed by atoms with E-state index >= 15 is 0 Å². The fourth-order valence-electron chi connectivity index (χ4n) is 2.43. The Kier molecular flexibility index (Phi) is 4.04. The summed E-state index contributed by atoms with van der Waals surface area (Å²) in [5.41, 5.74) is 0.882. The molecular formula is C15H17N5O. The quantitative estimate of drug-likeness (QED) is 0.866. The molecule has 0 saturated heterocycles. The average Bonchev–Trinajstić information content (AvgIpc) is 3.03. The Morgan fingerprint density at radius 1 is 1.29 bits per heavy atom. The fraction of sp³-hybridized carbons (Fsp3) is 0.333. The molecule has 0 spiro atoms. The first-order chi connectivity index (χ1) is 10.3. The van der Waals surface area contributed by atoms with Crippen LogP contribution in [0.4, 0.5) is 0 Å². The number of tetrazole rings is 1. The van der Waals surface area contributed by atoms with Crippen molar-refractivity contribution in [2.75, 3.05) is 0 Å². The van der Waals surface area contributed by atoms with Crippen LogP contribution in [0, 0.1) is 5.92 Å². The molecule has 1 atom stereocenters. The van der Waals surface area contributed by atoms with Crippen LogP contribution in [0.5, 0.6) is 0 Å². The Balaban J connectivity index is 1.65. The van der Waals surface area contributed by atoms with Crippen LogP contribution < -0.4 is 5.32 Å². The summed E-state index contributed by atoms with van der Waals surface area (Å²) in [6.45, 7) is 0.334. The third-order valence-electron chi connectivity index (χ3n) is 3.60. The van der Waals surface area contributed by atoms with Crippen LogP contribution in [0.15, 0.2) is 42.5 Å². The standard InChI is InChI=1S/C15H17N5O/c21-15(12-7-3-1-4-8-12)16-11-14-17-18-19-20(14)13-9-5-2-6-10-13/h1-3,5-6,9-10,12H,4,7-8,11H2,(H,16,21)/t12-/m1/s1. The SMILES string of the molecule is O=C(NCc1nnnn1-c1ccccc1)[C@@H]1CC=CCC1. The summed E-state index contributed by atoms with van der Waals surface area (Å²) in [6.07, 6.45) is 6.89. The molecule has 1 aliphatic rings. The Morgan fingerprint density at radius 3 is 2.90 bits per heavy atom. The van der Waals surface area contributed by atoms with E-state index in [1.165, 1.54) is 0 Å². The van der Waals surface area contributed by atoms with Gasteiger partial charge in [-0.25, -0.2) is 0 Å². The Labute approximate surface area is 122 Å². The lowest BCUT2D eigenvalue weighted by Crippen LogP contribution is -2.31. The van der Waals surface area contributed by atoms with Crippen molar-refractivity contribution in [3.8, 4) is 5.69 Å². The summed E-state index contributed by atoms with van der Waals surface area (Å²) in [4.78, 5) is 12.1. The number of rotatable bonds is 4. The molecule has 0 aliphatic heterocycles. The molecule has 1 N–H and O–H groups in total. The molecule has 0 radical (unpaired) electrons. The van der Waals surface area contributed by atoms with Gasteiger partial charge in [-0.2, -0.15) is 4.68 Å². The maximum Gasteiger partial charge on any atom is 0.223 e. The minimum atomic E-state index is 0.0658. The summed E-state index contributed by atoms with van der Waals surface area (Å²) in [7, 11) is 0. The maximum absolute atomic E-state index is 12.1. The van der Waals surface area contributed by atoms with Crippen LogP contribution in [-0.2, 0) is 11.3 Å². The van der Waals surface area contributed by atoms with E-state index in [-0.39, 0.29) is 11.8 Å². The molecule has 1 heterocycles. The van der Waals surface area contributed by atoms with Gasteiger partial charge in [-0.05, 0) is 41.8 Å². The molecule has 1 aliphatic carbocycles. The molecule has 108 valence electrons. The van der Waals surface area contributed by atoms with Gasteiger partial charge in [0.25, 0.3) is 0 Å². The monoisotopic (exact) mass is 283 g/mol. The highest BCUT2D eigenvalue weighted by molar-refractivity contribution is 5.78. The number of carbonyl (C=O) groups is 1. The van der Waals surface area contributed by atoms with Gasteiger partial charge in [0.2, 0.25) is 5.91 Å². The number of carbonyl (C=O) groups excluding carboxylic acids is 1. The summed E-state index contributed by atoms with van der Waals surface area (Å²) < 4.78 is 1.64. The molecule has 0 fully saturated rings. The zero-order valence-electron chi connectivity index (χ0n) is 11.6. The summed E-state index contributed by atoms with van der Waals surface area (Å²) in [5.74, 6) is 0.763. The zero-order chi connectivity index (χ0) is 14.5. The van der Waals surface area contributed by atoms with Crippen LogP contribution >= 0.6 is 0 Å². The van der Waals surface area contributed by atoms with Gasteiger partial charge >= 0.3 is 0 Å². The topological polar surface area (TPSA) is 72.7 Å². The molecule has 1 aromatic carbocycles. The number of nitrogens with one attached hydrogen (secondary N) is 1. The van der Waals surface area contributed by atoms with Gasteiger partial charge in [0, 0.05) is 5.92 Å². The van der Waals surface area contributed by atoms with Crippen molar-refractivity contribution in [1.29, 1.82) is 0 Å². The third-order valence-corrected chi connectivity index (χ3v) is 3.60. The number of hydrogen-bond donors (Lipinski definition) is 1. The van der Waals surface area contributed by atoms with Gasteiger partial charge < -0.3 is 5.32 Å². The molecule has 1 aromatic heterocycles. The zero-order valence-corrected chi connectivity index (χ0v) is 11.6. The van der Waals surface area contributed by atoms with E-state index in [9.17, 15) is 4.79 Å². The van der Waals surface area contributed by atoms with Crippen molar-refractivity contribution in [3.63, 3.8) is 0 Å². The molecule has 6 nitrogen and oxygen atoms in total. The number of aromatic nitrogens is 4. The van der Waals surface area contributed by atoms with Crippen LogP contribution in [-0.4, -0.2) is 26.1 Å². The lowest BCUT2D eigenvalue weighted by atomic mass is 9.94. The normalized spacial score (nSPS) is 17.6. The van der Waals surface area contributed by atoms with Crippen molar-refractivity contribution in [3.05, 3.63) is 48.3 Å². The second-order valence-corrected chi connectivity index (χ2v) is 5.04. The predicted octanol–water partition coefficient (Wildman–Crippen LogP) is 1.63. The van der Waals surface area contributed by atoms with Gasteiger partial charge in [-0.15, -0.1) is 5.10 Å². The molecule has 1 amide bonds. The summed E-state index contributed by atoms with van der Waals surface area (Å²) in [5, 5.41) is 14.6. The van der Waals surface area contributed by atoms with Gasteiger partial charge in [-0.1, -0.05) is 30.4 Å². The number of allylic oxidation sites excluding steroid dienone is 2. The Hall–Kier alpha value is -2.50. The van der Waals surface area contributed by atoms with Gasteiger partial charge in [0.1, 0.15) is 0 Å². The van der Waals surface area contributed by atoms with Gasteiger partial charge in [-0.3, -0.25) is 4.79 Å². The lowest BCUT2D eigenvalue weighted by molar-refractivity contribution is -0.125. The van der Waals surface area contributed by atoms with Crippen molar-refractivity contribution in [1.82, 2.24) is 25.5 Å². The van der Waals surface area contributed by atoms with E-state index in [4.69, 9.17) is 0 Å². The van der Waals surface area contributed by atoms with E-state index in [0.717, 1.165) is 24.9 Å². The van der Waals surface area contributed by atoms with Gasteiger partial charge in [0.05, 0.1) is 12.2 Å². The molecule has 0 bridgehead atoms. The lowest BCUT2D eigenvalue weighted by Gasteiger charge is -2.16. The smallest absolute Gasteiger partial charge is 0.223 e. The third kappa shape index (κ3) is 3.16. The molecular weight excluding hydrogens is 266 g/mol. The minimum absolute atomic E-state index is 0.0658. The van der Waals surface area contributed by atoms with E-state index in [2.05, 4.69) is 33.0 Å². The highest BCUT2D eigenvalue weighted by Crippen LogP contribution is 2.18. The number of amides is 1. The van der Waals surface area contributed by atoms with Crippen LogP contribution in [0.1, 0.15) is 25.1 Å². The first kappa shape index (κ1) is 13.5. The van der Waals surface area contributed by atoms with Crippen LogP contribution in [0.3, 0.4) is 0 Å². The Bertz CT molecular complexity index is 635. The van der Waals surface area contributed by atoms with E-state index in [1.807, 2.05) is 30.3 Å². The number of hydrogen-bond acceptors (Lipinski definition) is 4. The largest absolute Gasteiger partial charge is 0.348 e. The van der Waals surface area contributed by atoms with Gasteiger partial charge in [0.15, 0.2) is 5.82 Å². The maximum atomic E-state index is 12.1. The summed E-state index contributed by atoms with van der Waals surface area (Å²) in [6, 6.07) is 9.63. The van der Waals surface area contributed by atoms with E-state index < -0.39 is 0 Å². The number of nitrogens with zero attached hydrogens (tertiary/aromatic N) is 4.